The van der Waals surface area contributed by atoms with Gasteiger partial charge in [-0.3, -0.25) is 0 Å². The molecule has 0 aliphatic carbocycles. The van der Waals surface area contributed by atoms with Gasteiger partial charge in [0.1, 0.15) is 0 Å². The molecule has 13 heavy (non-hydrogen) atoms. The Hall–Kier alpha value is -0.510. The molecule has 1 aromatic carbocycles. The number of hydrogen-bond acceptors (Lipinski definition) is 1. The van der Waals surface area contributed by atoms with Crippen LogP contribution < -0.4 is 4.90 Å². The van der Waals surface area contributed by atoms with E-state index in [-0.39, 0.29) is 24.0 Å². The first-order chi connectivity index (χ1) is 5.79. The van der Waals surface area contributed by atoms with Crippen LogP contribution in [0.25, 0.3) is 6.08 Å². The van der Waals surface area contributed by atoms with E-state index in [4.69, 9.17) is 0 Å². The fraction of sp³-hybridized carbons (Fsp3) is 0.273. The average molecular weight is 287 g/mol. The van der Waals surface area contributed by atoms with E-state index >= 15 is 0 Å². The van der Waals surface area contributed by atoms with Crippen LogP contribution in [-0.2, 0) is 0 Å². The summed E-state index contributed by atoms with van der Waals surface area (Å²) < 4.78 is 0. The molecule has 1 unspecified atom stereocenters. The zero-order valence-corrected chi connectivity index (χ0v) is 10.2. The molecule has 2 rings (SSSR count). The van der Waals surface area contributed by atoms with Crippen LogP contribution in [0.15, 0.2) is 30.3 Å². The van der Waals surface area contributed by atoms with Gasteiger partial charge >= 0.3 is 0 Å². The van der Waals surface area contributed by atoms with Crippen molar-refractivity contribution in [2.75, 3.05) is 11.9 Å². The summed E-state index contributed by atoms with van der Waals surface area (Å²) in [5, 5.41) is 0. The summed E-state index contributed by atoms with van der Waals surface area (Å²) in [5.74, 6) is 0. The van der Waals surface area contributed by atoms with E-state index in [2.05, 4.69) is 55.3 Å². The summed E-state index contributed by atoms with van der Waals surface area (Å²) in [6.45, 7) is 2.20. The number of rotatable bonds is 0. The van der Waals surface area contributed by atoms with Crippen LogP contribution in [0.1, 0.15) is 12.5 Å². The largest absolute Gasteiger partial charge is 0.368 e. The Balaban J connectivity index is 0.000000845. The van der Waals surface area contributed by atoms with E-state index in [1.165, 1.54) is 11.3 Å². The Morgan fingerprint density at radius 3 is 2.69 bits per heavy atom. The van der Waals surface area contributed by atoms with Crippen LogP contribution in [0.5, 0.6) is 0 Å². The molecule has 0 radical (unpaired) electrons. The number of benzene rings is 1. The maximum absolute atomic E-state index is 2.29. The SMILES string of the molecule is CC1C=Cc2ccccc2N1C.I. The summed E-state index contributed by atoms with van der Waals surface area (Å²) in [4.78, 5) is 2.29. The van der Waals surface area contributed by atoms with Gasteiger partial charge in [-0.25, -0.2) is 0 Å². The molecule has 0 spiro atoms. The van der Waals surface area contributed by atoms with Gasteiger partial charge < -0.3 is 4.90 Å². The first kappa shape index (κ1) is 10.6. The lowest BCUT2D eigenvalue weighted by molar-refractivity contribution is 0.817. The van der Waals surface area contributed by atoms with Crippen molar-refractivity contribution in [1.29, 1.82) is 0 Å². The average Bonchev–Trinajstić information content (AvgIpc) is 2.12. The molecular formula is C11H14IN. The molecule has 1 aromatic rings. The molecule has 1 atom stereocenters. The van der Waals surface area contributed by atoms with E-state index in [9.17, 15) is 0 Å². The highest BCUT2D eigenvalue weighted by molar-refractivity contribution is 14.0. The maximum atomic E-state index is 2.29. The highest BCUT2D eigenvalue weighted by Crippen LogP contribution is 2.26. The van der Waals surface area contributed by atoms with Gasteiger partial charge in [0.05, 0.1) is 0 Å². The molecule has 2 heteroatoms. The molecule has 1 aliphatic rings. The number of para-hydroxylation sites is 1. The lowest BCUT2D eigenvalue weighted by Gasteiger charge is -2.29. The first-order valence-corrected chi connectivity index (χ1v) is 4.29. The standard InChI is InChI=1S/C11H13N.HI/c1-9-7-8-10-5-3-4-6-11(10)12(9)2;/h3-9H,1-2H3;1H. The Morgan fingerprint density at radius 2 is 1.92 bits per heavy atom. The highest BCUT2D eigenvalue weighted by atomic mass is 127. The molecule has 0 fully saturated rings. The number of nitrogens with zero attached hydrogens (tertiary/aromatic N) is 1. The molecule has 0 bridgehead atoms. The van der Waals surface area contributed by atoms with Crippen LogP contribution in [0.2, 0.25) is 0 Å². The van der Waals surface area contributed by atoms with E-state index < -0.39 is 0 Å². The third-order valence-corrected chi connectivity index (χ3v) is 2.48. The van der Waals surface area contributed by atoms with Gasteiger partial charge in [0, 0.05) is 18.8 Å². The Labute approximate surface area is 96.5 Å². The number of halogens is 1. The van der Waals surface area contributed by atoms with Crippen LogP contribution >= 0.6 is 24.0 Å². The zero-order chi connectivity index (χ0) is 8.55. The van der Waals surface area contributed by atoms with Gasteiger partial charge in [-0.15, -0.1) is 24.0 Å². The van der Waals surface area contributed by atoms with Gasteiger partial charge in [0.15, 0.2) is 0 Å². The fourth-order valence-electron chi connectivity index (χ4n) is 1.54. The molecule has 0 aromatic heterocycles. The van der Waals surface area contributed by atoms with Crippen molar-refractivity contribution in [3.63, 3.8) is 0 Å². The van der Waals surface area contributed by atoms with Crippen molar-refractivity contribution < 1.29 is 0 Å². The molecule has 1 nitrogen and oxygen atoms in total. The molecule has 0 saturated carbocycles. The minimum absolute atomic E-state index is 0. The third kappa shape index (κ3) is 1.88. The lowest BCUT2D eigenvalue weighted by atomic mass is 10.1. The minimum Gasteiger partial charge on any atom is -0.368 e. The van der Waals surface area contributed by atoms with Gasteiger partial charge in [-0.1, -0.05) is 30.4 Å². The molecule has 1 heterocycles. The summed E-state index contributed by atoms with van der Waals surface area (Å²) in [6.07, 6.45) is 4.42. The van der Waals surface area contributed by atoms with Crippen molar-refractivity contribution in [2.45, 2.75) is 13.0 Å². The fourth-order valence-corrected chi connectivity index (χ4v) is 1.54. The predicted molar refractivity (Wildman–Crippen MR) is 68.8 cm³/mol. The molecule has 0 amide bonds. The lowest BCUT2D eigenvalue weighted by Crippen LogP contribution is -2.29. The molecule has 0 N–H and O–H groups in total. The Kier molecular flexibility index (Phi) is 3.36. The molecule has 0 saturated heterocycles. The molecular weight excluding hydrogens is 273 g/mol. The van der Waals surface area contributed by atoms with E-state index in [0.29, 0.717) is 6.04 Å². The van der Waals surface area contributed by atoms with E-state index in [0.717, 1.165) is 0 Å². The number of hydrogen-bond donors (Lipinski definition) is 0. The molecule has 1 aliphatic heterocycles. The van der Waals surface area contributed by atoms with Gasteiger partial charge in [-0.05, 0) is 18.6 Å². The van der Waals surface area contributed by atoms with Crippen molar-refractivity contribution >= 4 is 35.7 Å². The van der Waals surface area contributed by atoms with Crippen molar-refractivity contribution in [3.05, 3.63) is 35.9 Å². The summed E-state index contributed by atoms with van der Waals surface area (Å²) >= 11 is 0. The zero-order valence-electron chi connectivity index (χ0n) is 7.90. The number of fused-ring (bicyclic) bond motifs is 1. The second-order valence-corrected chi connectivity index (χ2v) is 3.27. The Bertz CT molecular complexity index is 320. The van der Waals surface area contributed by atoms with Crippen LogP contribution in [-0.4, -0.2) is 13.1 Å². The summed E-state index contributed by atoms with van der Waals surface area (Å²) in [5.41, 5.74) is 2.64. The van der Waals surface area contributed by atoms with Crippen molar-refractivity contribution in [2.24, 2.45) is 0 Å². The van der Waals surface area contributed by atoms with E-state index in [1.54, 1.807) is 0 Å². The van der Waals surface area contributed by atoms with Crippen LogP contribution in [0.3, 0.4) is 0 Å². The summed E-state index contributed by atoms with van der Waals surface area (Å²) in [7, 11) is 2.13. The Morgan fingerprint density at radius 1 is 1.23 bits per heavy atom. The summed E-state index contributed by atoms with van der Waals surface area (Å²) in [6, 6.07) is 8.98. The second-order valence-electron chi connectivity index (χ2n) is 3.27. The predicted octanol–water partition coefficient (Wildman–Crippen LogP) is 3.16. The highest BCUT2D eigenvalue weighted by Gasteiger charge is 2.13. The van der Waals surface area contributed by atoms with Crippen molar-refractivity contribution in [3.8, 4) is 0 Å². The van der Waals surface area contributed by atoms with Gasteiger partial charge in [0.2, 0.25) is 0 Å². The van der Waals surface area contributed by atoms with E-state index in [1.807, 2.05) is 0 Å². The number of likely N-dealkylation sites (N-methyl/N-ethyl adjacent to an activating group) is 1. The van der Waals surface area contributed by atoms with Crippen LogP contribution in [0, 0.1) is 0 Å². The maximum Gasteiger partial charge on any atom is 0.0445 e. The normalized spacial score (nSPS) is 19.2. The van der Waals surface area contributed by atoms with Crippen molar-refractivity contribution in [1.82, 2.24) is 0 Å². The minimum atomic E-state index is 0. The third-order valence-electron chi connectivity index (χ3n) is 2.48. The first-order valence-electron chi connectivity index (χ1n) is 4.29. The van der Waals surface area contributed by atoms with Gasteiger partial charge in [0.25, 0.3) is 0 Å². The monoisotopic (exact) mass is 287 g/mol. The second kappa shape index (κ2) is 4.13. The smallest absolute Gasteiger partial charge is 0.0445 e. The molecule has 70 valence electrons. The van der Waals surface area contributed by atoms with Gasteiger partial charge in [-0.2, -0.15) is 0 Å². The number of anilines is 1. The van der Waals surface area contributed by atoms with Crippen LogP contribution in [0.4, 0.5) is 5.69 Å². The topological polar surface area (TPSA) is 3.24 Å². The quantitative estimate of drug-likeness (QED) is 0.663.